The van der Waals surface area contributed by atoms with Gasteiger partial charge in [-0.2, -0.15) is 5.26 Å². The summed E-state index contributed by atoms with van der Waals surface area (Å²) in [5, 5.41) is 15.1. The molecule has 0 aliphatic carbocycles. The van der Waals surface area contributed by atoms with E-state index in [4.69, 9.17) is 28.5 Å². The van der Waals surface area contributed by atoms with E-state index >= 15 is 0 Å². The number of hydrogen-bond donors (Lipinski definition) is 2. The Morgan fingerprint density at radius 3 is 2.29 bits per heavy atom. The summed E-state index contributed by atoms with van der Waals surface area (Å²) in [6.45, 7) is 0. The molecular formula is C15H11Cl2N3O. The van der Waals surface area contributed by atoms with Crippen LogP contribution in [0.1, 0.15) is 11.6 Å². The number of nitriles is 1. The molecule has 21 heavy (non-hydrogen) atoms. The van der Waals surface area contributed by atoms with Gasteiger partial charge in [0.1, 0.15) is 6.04 Å². The summed E-state index contributed by atoms with van der Waals surface area (Å²) in [5.74, 6) is 0. The molecule has 0 heterocycles. The maximum absolute atomic E-state index is 11.9. The zero-order chi connectivity index (χ0) is 15.2. The Kier molecular flexibility index (Phi) is 5.04. The highest BCUT2D eigenvalue weighted by Crippen LogP contribution is 2.22. The van der Waals surface area contributed by atoms with Crippen LogP contribution in [0.25, 0.3) is 0 Å². The molecule has 0 spiro atoms. The second kappa shape index (κ2) is 6.98. The van der Waals surface area contributed by atoms with Gasteiger partial charge in [-0.15, -0.1) is 0 Å². The largest absolute Gasteiger partial charge is 0.320 e. The number of nitrogens with zero attached hydrogens (tertiary/aromatic N) is 1. The Labute approximate surface area is 132 Å². The first kappa shape index (κ1) is 15.2. The first-order valence-electron chi connectivity index (χ1n) is 6.06. The van der Waals surface area contributed by atoms with Crippen molar-refractivity contribution in [3.8, 4) is 6.07 Å². The monoisotopic (exact) mass is 319 g/mol. The normalized spacial score (nSPS) is 11.3. The van der Waals surface area contributed by atoms with E-state index in [0.717, 1.165) is 0 Å². The Balaban J connectivity index is 2.05. The quantitative estimate of drug-likeness (QED) is 0.881. The fraction of sp³-hybridized carbons (Fsp3) is 0.0667. The predicted molar refractivity (Wildman–Crippen MR) is 83.4 cm³/mol. The Hall–Kier alpha value is -2.22. The van der Waals surface area contributed by atoms with Gasteiger partial charge in [0, 0.05) is 15.7 Å². The van der Waals surface area contributed by atoms with E-state index in [1.807, 2.05) is 12.1 Å². The van der Waals surface area contributed by atoms with Gasteiger partial charge in [-0.1, -0.05) is 53.5 Å². The van der Waals surface area contributed by atoms with Crippen LogP contribution in [-0.4, -0.2) is 6.03 Å². The summed E-state index contributed by atoms with van der Waals surface area (Å²) in [5.41, 5.74) is 1.16. The molecule has 1 atom stereocenters. The Morgan fingerprint density at radius 2 is 1.71 bits per heavy atom. The number of benzene rings is 2. The molecule has 2 rings (SSSR count). The second-order valence-corrected chi connectivity index (χ2v) is 5.10. The standard InChI is InChI=1S/C15H11Cl2N3O/c16-11-6-12(17)8-13(7-11)19-15(21)20-14(9-18)10-4-2-1-3-5-10/h1-8,14H,(H2,19,20,21). The molecule has 0 aliphatic heterocycles. The average molecular weight is 320 g/mol. The van der Waals surface area contributed by atoms with Crippen molar-refractivity contribution in [2.75, 3.05) is 5.32 Å². The van der Waals surface area contributed by atoms with Gasteiger partial charge >= 0.3 is 6.03 Å². The second-order valence-electron chi connectivity index (χ2n) is 4.23. The average Bonchev–Trinajstić information content (AvgIpc) is 2.44. The fourth-order valence-corrected chi connectivity index (χ4v) is 2.29. The highest BCUT2D eigenvalue weighted by atomic mass is 35.5. The van der Waals surface area contributed by atoms with Crippen molar-refractivity contribution in [1.29, 1.82) is 5.26 Å². The third-order valence-corrected chi connectivity index (χ3v) is 3.09. The molecule has 0 fully saturated rings. The number of halogens is 2. The molecule has 1 unspecified atom stereocenters. The van der Waals surface area contributed by atoms with E-state index in [0.29, 0.717) is 21.3 Å². The van der Waals surface area contributed by atoms with Gasteiger partial charge in [-0.25, -0.2) is 4.79 Å². The van der Waals surface area contributed by atoms with Crippen LogP contribution in [0.2, 0.25) is 10.0 Å². The van der Waals surface area contributed by atoms with Crippen LogP contribution in [0.3, 0.4) is 0 Å². The van der Waals surface area contributed by atoms with Crippen LogP contribution in [-0.2, 0) is 0 Å². The molecule has 0 bridgehead atoms. The molecule has 0 radical (unpaired) electrons. The highest BCUT2D eigenvalue weighted by molar-refractivity contribution is 6.35. The number of carbonyl (C=O) groups excluding carboxylic acids is 1. The van der Waals surface area contributed by atoms with Gasteiger partial charge in [0.2, 0.25) is 0 Å². The third kappa shape index (κ3) is 4.38. The molecule has 2 N–H and O–H groups in total. The van der Waals surface area contributed by atoms with Crippen LogP contribution < -0.4 is 10.6 Å². The van der Waals surface area contributed by atoms with Crippen LogP contribution in [0, 0.1) is 11.3 Å². The summed E-state index contributed by atoms with van der Waals surface area (Å²) in [7, 11) is 0. The first-order chi connectivity index (χ1) is 10.1. The minimum Gasteiger partial charge on any atom is -0.318 e. The van der Waals surface area contributed by atoms with E-state index in [9.17, 15) is 4.79 Å². The lowest BCUT2D eigenvalue weighted by Gasteiger charge is -2.13. The molecule has 0 aromatic heterocycles. The summed E-state index contributed by atoms with van der Waals surface area (Å²) in [6, 6.07) is 14.5. The topological polar surface area (TPSA) is 64.9 Å². The Bertz CT molecular complexity index is 663. The van der Waals surface area contributed by atoms with Crippen molar-refractivity contribution in [2.24, 2.45) is 0 Å². The lowest BCUT2D eigenvalue weighted by molar-refractivity contribution is 0.250. The third-order valence-electron chi connectivity index (χ3n) is 2.66. The lowest BCUT2D eigenvalue weighted by Crippen LogP contribution is -2.31. The number of anilines is 1. The SMILES string of the molecule is N#CC(NC(=O)Nc1cc(Cl)cc(Cl)c1)c1ccccc1. The van der Waals surface area contributed by atoms with E-state index < -0.39 is 12.1 Å². The minimum atomic E-state index is -0.735. The summed E-state index contributed by atoms with van der Waals surface area (Å²) >= 11 is 11.7. The molecule has 6 heteroatoms. The van der Waals surface area contributed by atoms with Gasteiger partial charge in [0.25, 0.3) is 0 Å². The van der Waals surface area contributed by atoms with E-state index in [2.05, 4.69) is 10.6 Å². The predicted octanol–water partition coefficient (Wildman–Crippen LogP) is 4.38. The van der Waals surface area contributed by atoms with Crippen LogP contribution in [0.5, 0.6) is 0 Å². The molecule has 0 saturated heterocycles. The zero-order valence-corrected chi connectivity index (χ0v) is 12.3. The first-order valence-corrected chi connectivity index (χ1v) is 6.82. The smallest absolute Gasteiger partial charge is 0.318 e. The molecule has 2 amide bonds. The summed E-state index contributed by atoms with van der Waals surface area (Å²) in [4.78, 5) is 11.9. The summed E-state index contributed by atoms with van der Waals surface area (Å²) in [6.07, 6.45) is 0. The Morgan fingerprint density at radius 1 is 1.10 bits per heavy atom. The molecule has 0 saturated carbocycles. The van der Waals surface area contributed by atoms with Gasteiger partial charge in [0.15, 0.2) is 0 Å². The number of amides is 2. The molecule has 2 aromatic rings. The van der Waals surface area contributed by atoms with Crippen molar-refractivity contribution < 1.29 is 4.79 Å². The molecule has 2 aromatic carbocycles. The van der Waals surface area contributed by atoms with Crippen molar-refractivity contribution in [3.63, 3.8) is 0 Å². The molecule has 4 nitrogen and oxygen atoms in total. The number of rotatable bonds is 3. The van der Waals surface area contributed by atoms with E-state index in [-0.39, 0.29) is 0 Å². The summed E-state index contributed by atoms with van der Waals surface area (Å²) < 4.78 is 0. The van der Waals surface area contributed by atoms with Crippen LogP contribution in [0.4, 0.5) is 10.5 Å². The van der Waals surface area contributed by atoms with Crippen molar-refractivity contribution >= 4 is 34.9 Å². The van der Waals surface area contributed by atoms with Crippen molar-refractivity contribution in [2.45, 2.75) is 6.04 Å². The molecule has 0 aliphatic rings. The maximum Gasteiger partial charge on any atom is 0.320 e. The molecule has 106 valence electrons. The van der Waals surface area contributed by atoms with Crippen molar-refractivity contribution in [3.05, 3.63) is 64.1 Å². The van der Waals surface area contributed by atoms with Gasteiger partial charge in [-0.3, -0.25) is 0 Å². The zero-order valence-electron chi connectivity index (χ0n) is 10.8. The minimum absolute atomic E-state index is 0.415. The molecular weight excluding hydrogens is 309 g/mol. The highest BCUT2D eigenvalue weighted by Gasteiger charge is 2.13. The van der Waals surface area contributed by atoms with E-state index in [1.54, 1.807) is 42.5 Å². The number of carbonyl (C=O) groups is 1. The maximum atomic E-state index is 11.9. The van der Waals surface area contributed by atoms with Crippen LogP contribution >= 0.6 is 23.2 Å². The fourth-order valence-electron chi connectivity index (χ4n) is 1.76. The van der Waals surface area contributed by atoms with Gasteiger partial charge < -0.3 is 10.6 Å². The van der Waals surface area contributed by atoms with Gasteiger partial charge in [0.05, 0.1) is 6.07 Å². The van der Waals surface area contributed by atoms with Crippen molar-refractivity contribution in [1.82, 2.24) is 5.32 Å². The number of hydrogen-bond acceptors (Lipinski definition) is 2. The van der Waals surface area contributed by atoms with Crippen LogP contribution in [0.15, 0.2) is 48.5 Å². The van der Waals surface area contributed by atoms with Gasteiger partial charge in [-0.05, 0) is 23.8 Å². The lowest BCUT2D eigenvalue weighted by atomic mass is 10.1. The van der Waals surface area contributed by atoms with E-state index in [1.165, 1.54) is 0 Å². The number of urea groups is 1. The number of nitrogens with one attached hydrogen (secondary N) is 2.